The molecule has 1 amide bonds. The van der Waals surface area contributed by atoms with Crippen LogP contribution in [0.2, 0.25) is 0 Å². The molecule has 0 aliphatic heterocycles. The van der Waals surface area contributed by atoms with Crippen molar-refractivity contribution in [3.8, 4) is 0 Å². The number of nitrogens with zero attached hydrogens (tertiary/aromatic N) is 1. The molecule has 1 N–H and O–H groups in total. The van der Waals surface area contributed by atoms with Gasteiger partial charge in [0.05, 0.1) is 5.56 Å². The summed E-state index contributed by atoms with van der Waals surface area (Å²) in [5.41, 5.74) is 1.79. The summed E-state index contributed by atoms with van der Waals surface area (Å²) >= 11 is 3.45. The van der Waals surface area contributed by atoms with Gasteiger partial charge in [0, 0.05) is 11.0 Å². The van der Waals surface area contributed by atoms with Gasteiger partial charge in [-0.1, -0.05) is 12.1 Å². The lowest BCUT2D eigenvalue weighted by Crippen LogP contribution is -2.25. The first-order valence-electron chi connectivity index (χ1n) is 6.20. The number of hydrogen-bond donors (Lipinski definition) is 1. The predicted octanol–water partition coefficient (Wildman–Crippen LogP) is 2.83. The molecule has 0 aliphatic carbocycles. The highest BCUT2D eigenvalue weighted by Crippen LogP contribution is 2.20. The number of aryl methyl sites for hydroxylation is 1. The molecule has 0 saturated carbocycles. The van der Waals surface area contributed by atoms with E-state index in [4.69, 9.17) is 0 Å². The molecule has 0 unspecified atom stereocenters. The number of hydrogen-bond acceptors (Lipinski definition) is 2. The number of nitrogens with one attached hydrogen (secondary N) is 1. The van der Waals surface area contributed by atoms with Crippen molar-refractivity contribution >= 4 is 21.8 Å². The van der Waals surface area contributed by atoms with Crippen molar-refractivity contribution < 1.29 is 4.79 Å². The molecule has 0 aromatic heterocycles. The van der Waals surface area contributed by atoms with Gasteiger partial charge in [-0.15, -0.1) is 0 Å². The van der Waals surface area contributed by atoms with Crippen LogP contribution < -0.4 is 5.32 Å². The normalized spacial score (nSPS) is 10.7. The van der Waals surface area contributed by atoms with E-state index in [9.17, 15) is 4.79 Å². The lowest BCUT2D eigenvalue weighted by Gasteiger charge is -2.10. The summed E-state index contributed by atoms with van der Waals surface area (Å²) in [5.74, 6) is -0.00423. The van der Waals surface area contributed by atoms with Crippen LogP contribution in [0.3, 0.4) is 0 Å². The number of amides is 1. The van der Waals surface area contributed by atoms with Crippen molar-refractivity contribution in [2.75, 3.05) is 27.2 Å². The summed E-state index contributed by atoms with van der Waals surface area (Å²) < 4.78 is 0.885. The zero-order chi connectivity index (χ0) is 13.5. The Morgan fingerprint density at radius 3 is 2.72 bits per heavy atom. The van der Waals surface area contributed by atoms with Crippen molar-refractivity contribution in [3.63, 3.8) is 0 Å². The van der Waals surface area contributed by atoms with Crippen molar-refractivity contribution in [1.29, 1.82) is 0 Å². The molecule has 18 heavy (non-hydrogen) atoms. The minimum absolute atomic E-state index is 0.00423. The summed E-state index contributed by atoms with van der Waals surface area (Å²) in [6.45, 7) is 3.77. The van der Waals surface area contributed by atoms with E-state index < -0.39 is 0 Å². The van der Waals surface area contributed by atoms with Gasteiger partial charge in [-0.05, 0) is 68.0 Å². The van der Waals surface area contributed by atoms with Crippen LogP contribution in [-0.4, -0.2) is 38.0 Å². The molecular weight excluding hydrogens is 292 g/mol. The Morgan fingerprint density at radius 1 is 1.33 bits per heavy atom. The van der Waals surface area contributed by atoms with E-state index in [-0.39, 0.29) is 5.91 Å². The van der Waals surface area contributed by atoms with Gasteiger partial charge in [-0.25, -0.2) is 0 Å². The van der Waals surface area contributed by atoms with Crippen LogP contribution in [0, 0.1) is 6.92 Å². The third kappa shape index (κ3) is 4.78. The lowest BCUT2D eigenvalue weighted by atomic mass is 10.1. The van der Waals surface area contributed by atoms with Gasteiger partial charge in [-0.3, -0.25) is 4.79 Å². The van der Waals surface area contributed by atoms with E-state index >= 15 is 0 Å². The number of benzene rings is 1. The first-order valence-corrected chi connectivity index (χ1v) is 6.99. The molecule has 1 aromatic rings. The maximum Gasteiger partial charge on any atom is 0.252 e. The first-order chi connectivity index (χ1) is 8.52. The van der Waals surface area contributed by atoms with Gasteiger partial charge < -0.3 is 10.2 Å². The SMILES string of the molecule is Cc1cccc(C(=O)NCCCCN(C)C)c1Br. The minimum Gasteiger partial charge on any atom is -0.352 e. The van der Waals surface area contributed by atoms with E-state index in [1.807, 2.05) is 25.1 Å². The second-order valence-electron chi connectivity index (χ2n) is 4.70. The molecule has 0 heterocycles. The van der Waals surface area contributed by atoms with Gasteiger partial charge in [0.1, 0.15) is 0 Å². The van der Waals surface area contributed by atoms with Crippen LogP contribution in [0.4, 0.5) is 0 Å². The van der Waals surface area contributed by atoms with E-state index in [1.54, 1.807) is 0 Å². The third-order valence-corrected chi connectivity index (χ3v) is 3.81. The predicted molar refractivity (Wildman–Crippen MR) is 79.0 cm³/mol. The van der Waals surface area contributed by atoms with Crippen LogP contribution >= 0.6 is 15.9 Å². The molecule has 0 aliphatic rings. The zero-order valence-corrected chi connectivity index (χ0v) is 12.9. The Morgan fingerprint density at radius 2 is 2.06 bits per heavy atom. The summed E-state index contributed by atoms with van der Waals surface area (Å²) in [4.78, 5) is 14.1. The molecule has 0 spiro atoms. The Bertz CT molecular complexity index is 405. The highest BCUT2D eigenvalue weighted by atomic mass is 79.9. The van der Waals surface area contributed by atoms with E-state index in [2.05, 4.69) is 40.2 Å². The van der Waals surface area contributed by atoms with Crippen LogP contribution in [-0.2, 0) is 0 Å². The average molecular weight is 313 g/mol. The Hall–Kier alpha value is -0.870. The minimum atomic E-state index is -0.00423. The Labute approximate surface area is 118 Å². The van der Waals surface area contributed by atoms with Crippen LogP contribution in [0.15, 0.2) is 22.7 Å². The fraction of sp³-hybridized carbons (Fsp3) is 0.500. The molecule has 1 aromatic carbocycles. The molecule has 4 heteroatoms. The Kier molecular flexibility index (Phi) is 6.36. The molecule has 3 nitrogen and oxygen atoms in total. The molecule has 0 atom stereocenters. The smallest absolute Gasteiger partial charge is 0.252 e. The van der Waals surface area contributed by atoms with Gasteiger partial charge in [0.2, 0.25) is 0 Å². The Balaban J connectivity index is 2.39. The molecule has 0 radical (unpaired) electrons. The standard InChI is InChI=1S/C14H21BrN2O/c1-11-7-6-8-12(13(11)15)14(18)16-9-4-5-10-17(2)3/h6-8H,4-5,9-10H2,1-3H3,(H,16,18). The number of carbonyl (C=O) groups is 1. The van der Waals surface area contributed by atoms with E-state index in [1.165, 1.54) is 0 Å². The maximum absolute atomic E-state index is 12.0. The monoisotopic (exact) mass is 312 g/mol. The van der Waals surface area contributed by atoms with Crippen molar-refractivity contribution in [1.82, 2.24) is 10.2 Å². The van der Waals surface area contributed by atoms with Crippen LogP contribution in [0.1, 0.15) is 28.8 Å². The highest BCUT2D eigenvalue weighted by Gasteiger charge is 2.10. The number of unbranched alkanes of at least 4 members (excludes halogenated alkanes) is 1. The maximum atomic E-state index is 12.0. The molecule has 0 bridgehead atoms. The van der Waals surface area contributed by atoms with Crippen LogP contribution in [0.5, 0.6) is 0 Å². The largest absolute Gasteiger partial charge is 0.352 e. The van der Waals surface area contributed by atoms with E-state index in [0.717, 1.165) is 36.0 Å². The van der Waals surface area contributed by atoms with Gasteiger partial charge in [0.15, 0.2) is 0 Å². The third-order valence-electron chi connectivity index (χ3n) is 2.75. The van der Waals surface area contributed by atoms with Crippen molar-refractivity contribution in [2.24, 2.45) is 0 Å². The van der Waals surface area contributed by atoms with Crippen LogP contribution in [0.25, 0.3) is 0 Å². The quantitative estimate of drug-likeness (QED) is 0.819. The highest BCUT2D eigenvalue weighted by molar-refractivity contribution is 9.10. The molecule has 0 fully saturated rings. The molecule has 1 rings (SSSR count). The van der Waals surface area contributed by atoms with E-state index in [0.29, 0.717) is 5.56 Å². The number of halogens is 1. The molecular formula is C14H21BrN2O. The van der Waals surface area contributed by atoms with Gasteiger partial charge in [0.25, 0.3) is 5.91 Å². The fourth-order valence-electron chi connectivity index (χ4n) is 1.67. The lowest BCUT2D eigenvalue weighted by molar-refractivity contribution is 0.0952. The number of carbonyl (C=O) groups excluding carboxylic acids is 1. The summed E-state index contributed by atoms with van der Waals surface area (Å²) in [6, 6.07) is 5.73. The second-order valence-corrected chi connectivity index (χ2v) is 5.50. The van der Waals surface area contributed by atoms with Gasteiger partial charge in [-0.2, -0.15) is 0 Å². The van der Waals surface area contributed by atoms with Crippen molar-refractivity contribution in [3.05, 3.63) is 33.8 Å². The summed E-state index contributed by atoms with van der Waals surface area (Å²) in [6.07, 6.45) is 2.11. The second kappa shape index (κ2) is 7.54. The summed E-state index contributed by atoms with van der Waals surface area (Å²) in [5, 5.41) is 2.95. The summed E-state index contributed by atoms with van der Waals surface area (Å²) in [7, 11) is 4.12. The first kappa shape index (κ1) is 15.2. The zero-order valence-electron chi connectivity index (χ0n) is 11.3. The number of rotatable bonds is 6. The van der Waals surface area contributed by atoms with Crippen molar-refractivity contribution in [2.45, 2.75) is 19.8 Å². The van der Waals surface area contributed by atoms with Gasteiger partial charge >= 0.3 is 0 Å². The average Bonchev–Trinajstić information content (AvgIpc) is 2.31. The molecule has 0 saturated heterocycles. The topological polar surface area (TPSA) is 32.3 Å². The molecule has 100 valence electrons. The fourth-order valence-corrected chi connectivity index (χ4v) is 2.12.